The van der Waals surface area contributed by atoms with Gasteiger partial charge >= 0.3 is 0 Å². The first kappa shape index (κ1) is 13.9. The van der Waals surface area contributed by atoms with Crippen LogP contribution in [0.1, 0.15) is 18.0 Å². The molecule has 108 valence electrons. The second kappa shape index (κ2) is 5.37. The van der Waals surface area contributed by atoms with Gasteiger partial charge in [-0.15, -0.1) is 11.3 Å². The highest BCUT2D eigenvalue weighted by Gasteiger charge is 2.17. The zero-order chi connectivity index (χ0) is 15.0. The van der Waals surface area contributed by atoms with Crippen LogP contribution in [-0.4, -0.2) is 4.98 Å². The number of rotatable bonds is 3. The summed E-state index contributed by atoms with van der Waals surface area (Å²) in [5.41, 5.74) is 0.776. The second-order valence-electron chi connectivity index (χ2n) is 4.61. The number of nitrogens with one attached hydrogen (secondary N) is 1. The first-order chi connectivity index (χ1) is 10.1. The number of para-hydroxylation sites is 1. The lowest BCUT2D eigenvalue weighted by Gasteiger charge is -2.13. The lowest BCUT2D eigenvalue weighted by Crippen LogP contribution is -2.09. The van der Waals surface area contributed by atoms with E-state index in [0.29, 0.717) is 0 Å². The molecule has 0 aliphatic rings. The summed E-state index contributed by atoms with van der Waals surface area (Å²) in [4.78, 5) is 4.44. The molecule has 6 heteroatoms. The largest absolute Gasteiger partial charge is 0.374 e. The van der Waals surface area contributed by atoms with Crippen LogP contribution in [0, 0.1) is 17.5 Å². The predicted octanol–water partition coefficient (Wildman–Crippen LogP) is 4.89. The Bertz CT molecular complexity index is 768. The van der Waals surface area contributed by atoms with Crippen LogP contribution in [0.2, 0.25) is 0 Å². The van der Waals surface area contributed by atoms with E-state index in [-0.39, 0.29) is 11.7 Å². The quantitative estimate of drug-likeness (QED) is 0.697. The number of hydrogen-bond acceptors (Lipinski definition) is 3. The Labute approximate surface area is 123 Å². The molecule has 3 aromatic rings. The van der Waals surface area contributed by atoms with Crippen molar-refractivity contribution in [2.75, 3.05) is 5.32 Å². The molecule has 1 N–H and O–H groups in total. The number of nitrogens with zero attached hydrogens (tertiary/aromatic N) is 1. The third kappa shape index (κ3) is 2.58. The molecule has 2 nitrogen and oxygen atoms in total. The van der Waals surface area contributed by atoms with E-state index >= 15 is 0 Å². The molecule has 0 aliphatic heterocycles. The number of hydrogen-bond donors (Lipinski definition) is 1. The third-order valence-corrected chi connectivity index (χ3v) is 4.31. The third-order valence-electron chi connectivity index (χ3n) is 3.09. The summed E-state index contributed by atoms with van der Waals surface area (Å²) in [5.74, 6) is -3.90. The molecule has 0 spiro atoms. The van der Waals surface area contributed by atoms with Crippen molar-refractivity contribution in [1.82, 2.24) is 4.98 Å². The smallest absolute Gasteiger partial charge is 0.196 e. The van der Waals surface area contributed by atoms with E-state index in [2.05, 4.69) is 10.3 Å². The maximum Gasteiger partial charge on any atom is 0.196 e. The van der Waals surface area contributed by atoms with Crippen LogP contribution in [0.4, 0.5) is 18.9 Å². The van der Waals surface area contributed by atoms with Crippen molar-refractivity contribution in [1.29, 1.82) is 0 Å². The molecule has 21 heavy (non-hydrogen) atoms. The van der Waals surface area contributed by atoms with Crippen LogP contribution in [-0.2, 0) is 0 Å². The molecule has 1 heterocycles. The van der Waals surface area contributed by atoms with Crippen molar-refractivity contribution < 1.29 is 13.2 Å². The molecule has 1 atom stereocenters. The first-order valence-corrected chi connectivity index (χ1v) is 7.13. The fourth-order valence-electron chi connectivity index (χ4n) is 2.01. The Kier molecular flexibility index (Phi) is 3.55. The fourth-order valence-corrected chi connectivity index (χ4v) is 2.98. The van der Waals surface area contributed by atoms with Crippen LogP contribution in [0.5, 0.6) is 0 Å². The van der Waals surface area contributed by atoms with E-state index in [4.69, 9.17) is 0 Å². The van der Waals surface area contributed by atoms with Gasteiger partial charge in [-0.2, -0.15) is 0 Å². The minimum Gasteiger partial charge on any atom is -0.374 e. The van der Waals surface area contributed by atoms with Gasteiger partial charge in [0.15, 0.2) is 17.5 Å². The molecule has 0 saturated heterocycles. The molecule has 0 bridgehead atoms. The molecule has 0 aliphatic carbocycles. The Balaban J connectivity index is 1.89. The summed E-state index contributed by atoms with van der Waals surface area (Å²) < 4.78 is 40.8. The number of fused-ring (bicyclic) bond motifs is 1. The van der Waals surface area contributed by atoms with Crippen molar-refractivity contribution in [3.63, 3.8) is 0 Å². The van der Waals surface area contributed by atoms with Gasteiger partial charge < -0.3 is 5.32 Å². The van der Waals surface area contributed by atoms with Gasteiger partial charge in [0.2, 0.25) is 0 Å². The lowest BCUT2D eigenvalue weighted by molar-refractivity contribution is 0.448. The fraction of sp³-hybridized carbons (Fsp3) is 0.133. The van der Waals surface area contributed by atoms with Gasteiger partial charge in [-0.1, -0.05) is 12.1 Å². The number of thiazole rings is 1. The van der Waals surface area contributed by atoms with Crippen LogP contribution in [0.25, 0.3) is 10.2 Å². The van der Waals surface area contributed by atoms with Crippen LogP contribution in [0.15, 0.2) is 36.4 Å². The highest BCUT2D eigenvalue weighted by Crippen LogP contribution is 2.29. The summed E-state index contributed by atoms with van der Waals surface area (Å²) >= 11 is 1.47. The van der Waals surface area contributed by atoms with Crippen molar-refractivity contribution in [3.8, 4) is 0 Å². The van der Waals surface area contributed by atoms with Crippen molar-refractivity contribution in [2.24, 2.45) is 0 Å². The lowest BCUT2D eigenvalue weighted by atomic mass is 10.2. The molecule has 0 saturated carbocycles. The molecule has 2 aromatic carbocycles. The number of halogens is 3. The minimum absolute atomic E-state index is 0.0827. The summed E-state index contributed by atoms with van der Waals surface area (Å²) in [6, 6.07) is 9.39. The standard InChI is InChI=1S/C15H11F3N2S/c1-8(15-20-10-4-2-3-5-12(10)21-15)19-11-7-6-9(16)13(17)14(11)18/h2-8,19H,1H3. The molecule has 1 aromatic heterocycles. The van der Waals surface area contributed by atoms with E-state index in [1.807, 2.05) is 24.3 Å². The molecule has 0 fully saturated rings. The zero-order valence-electron chi connectivity index (χ0n) is 11.0. The van der Waals surface area contributed by atoms with Gasteiger partial charge in [0.05, 0.1) is 21.9 Å². The van der Waals surface area contributed by atoms with E-state index in [1.165, 1.54) is 17.4 Å². The summed E-state index contributed by atoms with van der Waals surface area (Å²) in [5, 5.41) is 3.57. The average Bonchev–Trinajstić information content (AvgIpc) is 2.92. The van der Waals surface area contributed by atoms with Gasteiger partial charge in [0, 0.05) is 0 Å². The molecular formula is C15H11F3N2S. The minimum atomic E-state index is -1.48. The average molecular weight is 308 g/mol. The van der Waals surface area contributed by atoms with Crippen molar-refractivity contribution >= 4 is 27.2 Å². The molecule has 0 amide bonds. The molecular weight excluding hydrogens is 297 g/mol. The topological polar surface area (TPSA) is 24.9 Å². The SMILES string of the molecule is CC(Nc1ccc(F)c(F)c1F)c1nc2ccccc2s1. The van der Waals surface area contributed by atoms with Gasteiger partial charge in [-0.25, -0.2) is 18.2 Å². The summed E-state index contributed by atoms with van der Waals surface area (Å²) in [6.45, 7) is 1.79. The Hall–Kier alpha value is -2.08. The Morgan fingerprint density at radius 2 is 1.81 bits per heavy atom. The monoisotopic (exact) mass is 308 g/mol. The van der Waals surface area contributed by atoms with E-state index in [9.17, 15) is 13.2 Å². The van der Waals surface area contributed by atoms with Crippen LogP contribution < -0.4 is 5.32 Å². The highest BCUT2D eigenvalue weighted by atomic mass is 32.1. The zero-order valence-corrected chi connectivity index (χ0v) is 11.8. The normalized spacial score (nSPS) is 12.6. The molecule has 0 radical (unpaired) electrons. The number of aromatic nitrogens is 1. The van der Waals surface area contributed by atoms with Gasteiger partial charge in [-0.3, -0.25) is 0 Å². The predicted molar refractivity (Wildman–Crippen MR) is 78.0 cm³/mol. The van der Waals surface area contributed by atoms with Gasteiger partial charge in [0.1, 0.15) is 5.01 Å². The number of anilines is 1. The molecule has 3 rings (SSSR count). The van der Waals surface area contributed by atoms with E-state index in [1.54, 1.807) is 6.92 Å². The number of benzene rings is 2. The first-order valence-electron chi connectivity index (χ1n) is 6.32. The Morgan fingerprint density at radius 3 is 2.57 bits per heavy atom. The van der Waals surface area contributed by atoms with Crippen LogP contribution >= 0.6 is 11.3 Å². The van der Waals surface area contributed by atoms with Crippen molar-refractivity contribution in [3.05, 3.63) is 58.9 Å². The Morgan fingerprint density at radius 1 is 1.05 bits per heavy atom. The second-order valence-corrected chi connectivity index (χ2v) is 5.67. The maximum atomic E-state index is 13.6. The van der Waals surface area contributed by atoms with Gasteiger partial charge in [0.25, 0.3) is 0 Å². The maximum absolute atomic E-state index is 13.6. The highest BCUT2D eigenvalue weighted by molar-refractivity contribution is 7.18. The molecule has 1 unspecified atom stereocenters. The van der Waals surface area contributed by atoms with E-state index in [0.717, 1.165) is 21.3 Å². The van der Waals surface area contributed by atoms with E-state index < -0.39 is 17.5 Å². The van der Waals surface area contributed by atoms with Crippen molar-refractivity contribution in [2.45, 2.75) is 13.0 Å². The van der Waals surface area contributed by atoms with Crippen LogP contribution in [0.3, 0.4) is 0 Å². The summed E-state index contributed by atoms with van der Waals surface area (Å²) in [6.07, 6.45) is 0. The summed E-state index contributed by atoms with van der Waals surface area (Å²) in [7, 11) is 0. The van der Waals surface area contributed by atoms with Gasteiger partial charge in [-0.05, 0) is 31.2 Å².